The molecular formula is C18H29NO2. The van der Waals surface area contributed by atoms with E-state index in [1.165, 1.54) is 19.3 Å². The molecular weight excluding hydrogens is 262 g/mol. The number of carbonyl (C=O) groups is 1. The van der Waals surface area contributed by atoms with Gasteiger partial charge in [-0.2, -0.15) is 0 Å². The number of carbonyl (C=O) groups excluding carboxylic acids is 1. The summed E-state index contributed by atoms with van der Waals surface area (Å²) in [5.74, 6) is 1.12. The zero-order valence-electron chi connectivity index (χ0n) is 13.5. The minimum atomic E-state index is -0.0679. The van der Waals surface area contributed by atoms with E-state index >= 15 is 0 Å². The molecule has 0 aromatic carbocycles. The van der Waals surface area contributed by atoms with Gasteiger partial charge in [0.15, 0.2) is 0 Å². The summed E-state index contributed by atoms with van der Waals surface area (Å²) >= 11 is 0. The van der Waals surface area contributed by atoms with Crippen molar-refractivity contribution in [1.82, 2.24) is 5.32 Å². The Morgan fingerprint density at radius 2 is 1.86 bits per heavy atom. The number of ether oxygens (including phenoxy) is 1. The van der Waals surface area contributed by atoms with Crippen LogP contribution in [0.25, 0.3) is 0 Å². The number of rotatable bonds is 3. The molecule has 5 aliphatic rings. The van der Waals surface area contributed by atoms with Gasteiger partial charge in [0.1, 0.15) is 0 Å². The molecule has 4 aliphatic carbocycles. The van der Waals surface area contributed by atoms with Gasteiger partial charge in [-0.15, -0.1) is 0 Å². The minimum Gasteiger partial charge on any atom is -0.376 e. The Bertz CT molecular complexity index is 436. The first kappa shape index (κ1) is 14.0. The molecule has 1 saturated heterocycles. The highest BCUT2D eigenvalue weighted by Gasteiger charge is 2.62. The predicted molar refractivity (Wildman–Crippen MR) is 81.8 cm³/mol. The zero-order valence-corrected chi connectivity index (χ0v) is 13.5. The molecule has 0 spiro atoms. The maximum Gasteiger partial charge on any atom is 0.226 e. The van der Waals surface area contributed by atoms with Crippen molar-refractivity contribution in [3.8, 4) is 0 Å². The monoisotopic (exact) mass is 291 g/mol. The molecule has 21 heavy (non-hydrogen) atoms. The van der Waals surface area contributed by atoms with E-state index in [0.29, 0.717) is 16.7 Å². The molecule has 1 aliphatic heterocycles. The topological polar surface area (TPSA) is 38.3 Å². The molecule has 0 aromatic heterocycles. The van der Waals surface area contributed by atoms with Crippen molar-refractivity contribution < 1.29 is 9.53 Å². The molecule has 1 N–H and O–H groups in total. The number of amides is 1. The summed E-state index contributed by atoms with van der Waals surface area (Å²) in [5, 5.41) is 3.25. The van der Waals surface area contributed by atoms with Crippen molar-refractivity contribution in [2.24, 2.45) is 22.2 Å². The van der Waals surface area contributed by atoms with E-state index in [2.05, 4.69) is 19.2 Å². The van der Waals surface area contributed by atoms with Crippen LogP contribution in [0.4, 0.5) is 0 Å². The third-order valence-electron chi connectivity index (χ3n) is 6.62. The van der Waals surface area contributed by atoms with E-state index < -0.39 is 0 Å². The summed E-state index contributed by atoms with van der Waals surface area (Å²) in [6.45, 7) is 6.44. The first-order chi connectivity index (χ1) is 9.91. The quantitative estimate of drug-likeness (QED) is 0.866. The van der Waals surface area contributed by atoms with Crippen LogP contribution in [0.3, 0.4) is 0 Å². The first-order valence-corrected chi connectivity index (χ1v) is 8.81. The van der Waals surface area contributed by atoms with Crippen LogP contribution >= 0.6 is 0 Å². The predicted octanol–water partition coefficient (Wildman–Crippen LogP) is 3.28. The molecule has 3 heteroatoms. The number of hydrogen-bond acceptors (Lipinski definition) is 2. The molecule has 1 amide bonds. The molecule has 118 valence electrons. The van der Waals surface area contributed by atoms with E-state index in [1.54, 1.807) is 0 Å². The lowest BCUT2D eigenvalue weighted by atomic mass is 9.40. The fourth-order valence-corrected chi connectivity index (χ4v) is 6.90. The lowest BCUT2D eigenvalue weighted by molar-refractivity contribution is -0.170. The van der Waals surface area contributed by atoms with Gasteiger partial charge < -0.3 is 10.1 Å². The van der Waals surface area contributed by atoms with Gasteiger partial charge in [0, 0.05) is 13.2 Å². The lowest BCUT2D eigenvalue weighted by Gasteiger charge is -2.64. The summed E-state index contributed by atoms with van der Waals surface area (Å²) in [6.07, 6.45) is 9.90. The van der Waals surface area contributed by atoms with E-state index in [0.717, 1.165) is 51.2 Å². The Morgan fingerprint density at radius 1 is 1.14 bits per heavy atom. The second-order valence-electron chi connectivity index (χ2n) is 9.26. The third kappa shape index (κ3) is 2.32. The maximum atomic E-state index is 13.0. The smallest absolute Gasteiger partial charge is 0.226 e. The SMILES string of the molecule is CC12CC3CC(C)(C1)CC(C(=O)NCC1CCCO1)(C3)C2. The minimum absolute atomic E-state index is 0.0679. The second-order valence-corrected chi connectivity index (χ2v) is 9.26. The Kier molecular flexibility index (Phi) is 2.99. The number of nitrogens with one attached hydrogen (secondary N) is 1. The van der Waals surface area contributed by atoms with Crippen molar-refractivity contribution in [2.75, 3.05) is 13.2 Å². The molecule has 0 aromatic rings. The summed E-state index contributed by atoms with van der Waals surface area (Å²) in [7, 11) is 0. The van der Waals surface area contributed by atoms with Crippen LogP contribution < -0.4 is 5.32 Å². The van der Waals surface area contributed by atoms with E-state index in [-0.39, 0.29) is 11.5 Å². The van der Waals surface area contributed by atoms with Gasteiger partial charge in [0.2, 0.25) is 5.91 Å². The zero-order chi connectivity index (χ0) is 14.7. The van der Waals surface area contributed by atoms with Crippen LogP contribution in [0.15, 0.2) is 0 Å². The summed E-state index contributed by atoms with van der Waals surface area (Å²) in [5.41, 5.74) is 0.756. The molecule has 3 nitrogen and oxygen atoms in total. The van der Waals surface area contributed by atoms with Gasteiger partial charge in [-0.3, -0.25) is 4.79 Å². The van der Waals surface area contributed by atoms with Crippen LogP contribution in [-0.2, 0) is 9.53 Å². The molecule has 3 unspecified atom stereocenters. The average Bonchev–Trinajstić information content (AvgIpc) is 2.84. The van der Waals surface area contributed by atoms with Gasteiger partial charge >= 0.3 is 0 Å². The summed E-state index contributed by atoms with van der Waals surface area (Å²) in [6, 6.07) is 0. The Balaban J connectivity index is 1.49. The van der Waals surface area contributed by atoms with Gasteiger partial charge in [0.25, 0.3) is 0 Å². The summed E-state index contributed by atoms with van der Waals surface area (Å²) in [4.78, 5) is 13.0. The van der Waals surface area contributed by atoms with E-state index in [9.17, 15) is 4.79 Å². The van der Waals surface area contributed by atoms with Gasteiger partial charge in [-0.05, 0) is 68.1 Å². The highest BCUT2D eigenvalue weighted by atomic mass is 16.5. The van der Waals surface area contributed by atoms with E-state index in [1.807, 2.05) is 0 Å². The summed E-state index contributed by atoms with van der Waals surface area (Å²) < 4.78 is 5.65. The van der Waals surface area contributed by atoms with Gasteiger partial charge in [0.05, 0.1) is 11.5 Å². The maximum absolute atomic E-state index is 13.0. The van der Waals surface area contributed by atoms with Crippen molar-refractivity contribution in [3.05, 3.63) is 0 Å². The Morgan fingerprint density at radius 3 is 2.43 bits per heavy atom. The molecule has 4 saturated carbocycles. The van der Waals surface area contributed by atoms with Crippen molar-refractivity contribution >= 4 is 5.91 Å². The van der Waals surface area contributed by atoms with Crippen molar-refractivity contribution in [2.45, 2.75) is 71.3 Å². The lowest BCUT2D eigenvalue weighted by Crippen LogP contribution is -2.60. The van der Waals surface area contributed by atoms with Crippen LogP contribution in [-0.4, -0.2) is 25.2 Å². The third-order valence-corrected chi connectivity index (χ3v) is 6.62. The Hall–Kier alpha value is -0.570. The largest absolute Gasteiger partial charge is 0.376 e. The fraction of sp³-hybridized carbons (Fsp3) is 0.944. The Labute approximate surface area is 128 Å². The average molecular weight is 291 g/mol. The molecule has 5 rings (SSSR count). The standard InChI is InChI=1S/C18H29NO2/c1-16-6-13-7-17(2,10-16)12-18(8-13,11-16)15(20)19-9-14-4-3-5-21-14/h13-14H,3-12H2,1-2H3,(H,19,20). The van der Waals surface area contributed by atoms with Gasteiger partial charge in [-0.25, -0.2) is 0 Å². The van der Waals surface area contributed by atoms with Crippen LogP contribution in [0.2, 0.25) is 0 Å². The first-order valence-electron chi connectivity index (χ1n) is 8.81. The molecule has 4 bridgehead atoms. The van der Waals surface area contributed by atoms with Crippen LogP contribution in [0.5, 0.6) is 0 Å². The molecule has 5 fully saturated rings. The van der Waals surface area contributed by atoms with Crippen molar-refractivity contribution in [1.29, 1.82) is 0 Å². The van der Waals surface area contributed by atoms with Crippen LogP contribution in [0, 0.1) is 22.2 Å². The highest BCUT2D eigenvalue weighted by molar-refractivity contribution is 5.83. The fourth-order valence-electron chi connectivity index (χ4n) is 6.90. The van der Waals surface area contributed by atoms with Crippen LogP contribution in [0.1, 0.15) is 65.2 Å². The van der Waals surface area contributed by atoms with Crippen molar-refractivity contribution in [3.63, 3.8) is 0 Å². The second kappa shape index (κ2) is 4.47. The molecule has 1 heterocycles. The molecule has 0 radical (unpaired) electrons. The molecule has 3 atom stereocenters. The number of hydrogen-bond donors (Lipinski definition) is 1. The van der Waals surface area contributed by atoms with Gasteiger partial charge in [-0.1, -0.05) is 13.8 Å². The van der Waals surface area contributed by atoms with E-state index in [4.69, 9.17) is 4.74 Å². The highest BCUT2D eigenvalue weighted by Crippen LogP contribution is 2.69. The normalized spacial score (nSPS) is 51.3.